The van der Waals surface area contributed by atoms with Crippen LogP contribution in [0.1, 0.15) is 17.3 Å². The molecule has 0 unspecified atom stereocenters. The Bertz CT molecular complexity index is 704. The number of carbonyl (C=O) groups is 1. The summed E-state index contributed by atoms with van der Waals surface area (Å²) in [5, 5.41) is 13.2. The van der Waals surface area contributed by atoms with Gasteiger partial charge < -0.3 is 19.9 Å². The van der Waals surface area contributed by atoms with Crippen LogP contribution in [0, 0.1) is 0 Å². The first-order chi connectivity index (χ1) is 11.5. The number of halogens is 2. The summed E-state index contributed by atoms with van der Waals surface area (Å²) in [5.41, 5.74) is 0.299. The lowest BCUT2D eigenvalue weighted by atomic mass is 10.2. The molecule has 24 heavy (non-hydrogen) atoms. The second-order valence-corrected chi connectivity index (χ2v) is 5.64. The number of phenolic OH excluding ortho intramolecular Hbond substituents is 1. The molecular formula is C17H17Cl2NO4. The molecule has 0 aromatic heterocycles. The van der Waals surface area contributed by atoms with Gasteiger partial charge in [0.05, 0.1) is 18.2 Å². The minimum atomic E-state index is -0.336. The summed E-state index contributed by atoms with van der Waals surface area (Å²) in [6, 6.07) is 9.78. The highest BCUT2D eigenvalue weighted by atomic mass is 35.5. The van der Waals surface area contributed by atoms with Gasteiger partial charge in [0, 0.05) is 10.6 Å². The molecule has 1 amide bonds. The number of ether oxygens (including phenoxy) is 2. The van der Waals surface area contributed by atoms with Gasteiger partial charge in [0.2, 0.25) is 0 Å². The summed E-state index contributed by atoms with van der Waals surface area (Å²) >= 11 is 11.7. The van der Waals surface area contributed by atoms with Crippen LogP contribution in [-0.4, -0.2) is 30.8 Å². The van der Waals surface area contributed by atoms with Gasteiger partial charge in [-0.25, -0.2) is 0 Å². The van der Waals surface area contributed by atoms with E-state index in [0.29, 0.717) is 36.1 Å². The summed E-state index contributed by atoms with van der Waals surface area (Å²) in [4.78, 5) is 12.1. The molecule has 0 aliphatic heterocycles. The standard InChI is InChI=1S/C17H17Cl2NO4/c1-2-23-15-10-11(9-14(19)16(15)21)17(22)20-7-8-24-13-5-3-12(18)4-6-13/h3-6,9-10,21H,2,7-8H2,1H3,(H,20,22). The zero-order valence-corrected chi connectivity index (χ0v) is 14.5. The molecule has 0 aliphatic carbocycles. The lowest BCUT2D eigenvalue weighted by Crippen LogP contribution is -2.28. The Kier molecular flexibility index (Phi) is 6.58. The first-order valence-electron chi connectivity index (χ1n) is 7.33. The van der Waals surface area contributed by atoms with Gasteiger partial charge in [0.15, 0.2) is 11.5 Å². The largest absolute Gasteiger partial charge is 0.503 e. The van der Waals surface area contributed by atoms with E-state index in [9.17, 15) is 9.90 Å². The highest BCUT2D eigenvalue weighted by Gasteiger charge is 2.14. The van der Waals surface area contributed by atoms with Crippen molar-refractivity contribution < 1.29 is 19.4 Å². The fourth-order valence-corrected chi connectivity index (χ4v) is 2.27. The minimum absolute atomic E-state index is 0.0588. The number of rotatable bonds is 7. The third-order valence-electron chi connectivity index (χ3n) is 3.06. The van der Waals surface area contributed by atoms with Gasteiger partial charge in [-0.1, -0.05) is 23.2 Å². The zero-order valence-electron chi connectivity index (χ0n) is 13.0. The van der Waals surface area contributed by atoms with Gasteiger partial charge in [-0.05, 0) is 43.3 Å². The highest BCUT2D eigenvalue weighted by Crippen LogP contribution is 2.35. The van der Waals surface area contributed by atoms with E-state index >= 15 is 0 Å². The van der Waals surface area contributed by atoms with Crippen molar-refractivity contribution in [1.29, 1.82) is 0 Å². The summed E-state index contributed by atoms with van der Waals surface area (Å²) in [6.07, 6.45) is 0. The second-order valence-electron chi connectivity index (χ2n) is 4.80. The average molecular weight is 370 g/mol. The van der Waals surface area contributed by atoms with Gasteiger partial charge in [-0.15, -0.1) is 0 Å². The van der Waals surface area contributed by atoms with Crippen LogP contribution in [0.2, 0.25) is 10.0 Å². The van der Waals surface area contributed by atoms with E-state index in [1.54, 1.807) is 31.2 Å². The molecule has 2 aromatic rings. The number of benzene rings is 2. The molecule has 2 rings (SSSR count). The van der Waals surface area contributed by atoms with Gasteiger partial charge in [0.25, 0.3) is 5.91 Å². The zero-order chi connectivity index (χ0) is 17.5. The Morgan fingerprint density at radius 1 is 1.17 bits per heavy atom. The van der Waals surface area contributed by atoms with Crippen molar-refractivity contribution >= 4 is 29.1 Å². The predicted octanol–water partition coefficient (Wildman–Crippen LogP) is 3.91. The monoisotopic (exact) mass is 369 g/mol. The number of aromatic hydroxyl groups is 1. The van der Waals surface area contributed by atoms with Crippen molar-refractivity contribution in [2.24, 2.45) is 0 Å². The van der Waals surface area contributed by atoms with E-state index in [1.165, 1.54) is 12.1 Å². The molecule has 0 spiro atoms. The molecule has 2 aromatic carbocycles. The van der Waals surface area contributed by atoms with Crippen molar-refractivity contribution in [2.45, 2.75) is 6.92 Å². The number of carbonyl (C=O) groups excluding carboxylic acids is 1. The minimum Gasteiger partial charge on any atom is -0.503 e. The fourth-order valence-electron chi connectivity index (χ4n) is 1.94. The second kappa shape index (κ2) is 8.66. The SMILES string of the molecule is CCOc1cc(C(=O)NCCOc2ccc(Cl)cc2)cc(Cl)c1O. The van der Waals surface area contributed by atoms with Crippen LogP contribution in [0.3, 0.4) is 0 Å². The van der Waals surface area contributed by atoms with E-state index in [1.807, 2.05) is 0 Å². The predicted molar refractivity (Wildman–Crippen MR) is 93.6 cm³/mol. The van der Waals surface area contributed by atoms with Crippen molar-refractivity contribution in [3.63, 3.8) is 0 Å². The van der Waals surface area contributed by atoms with Gasteiger partial charge in [-0.2, -0.15) is 0 Å². The highest BCUT2D eigenvalue weighted by molar-refractivity contribution is 6.32. The van der Waals surface area contributed by atoms with E-state index in [2.05, 4.69) is 5.32 Å². The Balaban J connectivity index is 1.89. The molecule has 0 saturated carbocycles. The molecule has 5 nitrogen and oxygen atoms in total. The number of hydrogen-bond acceptors (Lipinski definition) is 4. The molecule has 0 saturated heterocycles. The van der Waals surface area contributed by atoms with Crippen LogP contribution in [0.5, 0.6) is 17.2 Å². The van der Waals surface area contributed by atoms with Crippen LogP contribution in [-0.2, 0) is 0 Å². The molecule has 7 heteroatoms. The van der Waals surface area contributed by atoms with Crippen LogP contribution < -0.4 is 14.8 Å². The molecule has 128 valence electrons. The maximum absolute atomic E-state index is 12.1. The van der Waals surface area contributed by atoms with E-state index in [-0.39, 0.29) is 22.4 Å². The van der Waals surface area contributed by atoms with Crippen molar-refractivity contribution in [3.8, 4) is 17.2 Å². The Hall–Kier alpha value is -2.11. The number of hydrogen-bond donors (Lipinski definition) is 2. The van der Waals surface area contributed by atoms with Crippen LogP contribution in [0.4, 0.5) is 0 Å². The number of amides is 1. The molecule has 0 fully saturated rings. The maximum atomic E-state index is 12.1. The van der Waals surface area contributed by atoms with Crippen molar-refractivity contribution in [2.75, 3.05) is 19.8 Å². The number of phenols is 1. The lowest BCUT2D eigenvalue weighted by Gasteiger charge is -2.11. The third kappa shape index (κ3) is 4.94. The summed E-state index contributed by atoms with van der Waals surface area (Å²) in [7, 11) is 0. The quantitative estimate of drug-likeness (QED) is 0.726. The third-order valence-corrected chi connectivity index (χ3v) is 3.60. The van der Waals surface area contributed by atoms with Crippen molar-refractivity contribution in [1.82, 2.24) is 5.32 Å². The van der Waals surface area contributed by atoms with Crippen LogP contribution >= 0.6 is 23.2 Å². The lowest BCUT2D eigenvalue weighted by molar-refractivity contribution is 0.0946. The summed E-state index contributed by atoms with van der Waals surface area (Å²) in [5.74, 6) is 0.325. The van der Waals surface area contributed by atoms with Gasteiger partial charge in [-0.3, -0.25) is 4.79 Å². The number of nitrogens with one attached hydrogen (secondary N) is 1. The van der Waals surface area contributed by atoms with E-state index in [4.69, 9.17) is 32.7 Å². The Labute approximate surface area is 150 Å². The van der Waals surface area contributed by atoms with E-state index < -0.39 is 0 Å². The average Bonchev–Trinajstić information content (AvgIpc) is 2.57. The van der Waals surface area contributed by atoms with Gasteiger partial charge >= 0.3 is 0 Å². The topological polar surface area (TPSA) is 67.8 Å². The normalized spacial score (nSPS) is 10.3. The van der Waals surface area contributed by atoms with Crippen molar-refractivity contribution in [3.05, 3.63) is 52.0 Å². The molecule has 2 N–H and O–H groups in total. The van der Waals surface area contributed by atoms with E-state index in [0.717, 1.165) is 0 Å². The molecular weight excluding hydrogens is 353 g/mol. The van der Waals surface area contributed by atoms with Gasteiger partial charge in [0.1, 0.15) is 12.4 Å². The molecule has 0 radical (unpaired) electrons. The molecule has 0 bridgehead atoms. The Morgan fingerprint density at radius 2 is 1.88 bits per heavy atom. The molecule has 0 heterocycles. The maximum Gasteiger partial charge on any atom is 0.251 e. The fraction of sp³-hybridized carbons (Fsp3) is 0.235. The summed E-state index contributed by atoms with van der Waals surface area (Å²) in [6.45, 7) is 2.74. The molecule has 0 aliphatic rings. The van der Waals surface area contributed by atoms with Crippen LogP contribution in [0.25, 0.3) is 0 Å². The molecule has 0 atom stereocenters. The first kappa shape index (κ1) is 18.2. The Morgan fingerprint density at radius 3 is 2.54 bits per heavy atom. The van der Waals surface area contributed by atoms with Crippen LogP contribution in [0.15, 0.2) is 36.4 Å². The summed E-state index contributed by atoms with van der Waals surface area (Å²) < 4.78 is 10.7. The smallest absolute Gasteiger partial charge is 0.251 e. The first-order valence-corrected chi connectivity index (χ1v) is 8.08.